The summed E-state index contributed by atoms with van der Waals surface area (Å²) in [5.41, 5.74) is 1.05. The zero-order chi connectivity index (χ0) is 21.8. The molecule has 162 valence electrons. The van der Waals surface area contributed by atoms with Crippen molar-refractivity contribution in [3.8, 4) is 5.75 Å². The molecule has 0 aromatic heterocycles. The van der Waals surface area contributed by atoms with E-state index in [1.165, 1.54) is 0 Å². The minimum absolute atomic E-state index is 0.408. The van der Waals surface area contributed by atoms with Crippen molar-refractivity contribution in [1.82, 2.24) is 9.62 Å². The third-order valence-corrected chi connectivity index (χ3v) is 5.92. The Morgan fingerprint density at radius 2 is 1.67 bits per heavy atom. The van der Waals surface area contributed by atoms with Gasteiger partial charge in [0.15, 0.2) is 0 Å². The second-order valence-corrected chi connectivity index (χ2v) is 8.32. The number of ether oxygens (including phenoxy) is 1. The minimum atomic E-state index is -4.94. The van der Waals surface area contributed by atoms with Crippen LogP contribution in [-0.2, 0) is 14.8 Å². The summed E-state index contributed by atoms with van der Waals surface area (Å²) in [5.74, 6) is -1.07. The molecule has 7 nitrogen and oxygen atoms in total. The largest absolute Gasteiger partial charge is 0.573 e. The van der Waals surface area contributed by atoms with E-state index in [9.17, 15) is 26.4 Å². The Hall–Kier alpha value is -2.79. The van der Waals surface area contributed by atoms with Gasteiger partial charge in [0.2, 0.25) is 15.9 Å². The lowest BCUT2D eigenvalue weighted by molar-refractivity contribution is -0.274. The van der Waals surface area contributed by atoms with E-state index in [0.29, 0.717) is 26.2 Å². The molecule has 1 heterocycles. The van der Waals surface area contributed by atoms with E-state index < -0.39 is 39.5 Å². The maximum atomic E-state index is 12.4. The molecular formula is C19H20F3N3O4S. The van der Waals surface area contributed by atoms with Gasteiger partial charge in [-0.2, -0.15) is 0 Å². The number of amides is 1. The molecule has 0 unspecified atom stereocenters. The molecule has 0 bridgehead atoms. The van der Waals surface area contributed by atoms with Crippen LogP contribution in [0.5, 0.6) is 5.75 Å². The van der Waals surface area contributed by atoms with E-state index in [-0.39, 0.29) is 0 Å². The maximum absolute atomic E-state index is 12.4. The number of carbonyl (C=O) groups is 1. The summed E-state index contributed by atoms with van der Waals surface area (Å²) in [5, 5.41) is 0. The van der Waals surface area contributed by atoms with Gasteiger partial charge in [0.05, 0.1) is 11.4 Å². The van der Waals surface area contributed by atoms with Gasteiger partial charge in [-0.3, -0.25) is 4.79 Å². The Morgan fingerprint density at radius 3 is 2.30 bits per heavy atom. The van der Waals surface area contributed by atoms with Gasteiger partial charge in [-0.1, -0.05) is 24.3 Å². The third-order valence-electron chi connectivity index (χ3n) is 4.52. The summed E-state index contributed by atoms with van der Waals surface area (Å²) >= 11 is 0. The van der Waals surface area contributed by atoms with Crippen LogP contribution < -0.4 is 14.4 Å². The van der Waals surface area contributed by atoms with Crippen molar-refractivity contribution in [2.45, 2.75) is 11.3 Å². The van der Waals surface area contributed by atoms with Crippen molar-refractivity contribution in [3.63, 3.8) is 0 Å². The molecule has 1 N–H and O–H groups in total. The number of hydrogen-bond acceptors (Lipinski definition) is 5. The number of alkyl halides is 3. The Labute approximate surface area is 172 Å². The standard InChI is InChI=1S/C19H20F3N3O4S/c20-19(21,22)29-16-7-4-8-17(13-16)30(27,28)23-14-18(26)25-11-9-24(10-12-25)15-5-2-1-3-6-15/h1-8,13,23H,9-12,14H2. The molecule has 1 saturated heterocycles. The number of halogens is 3. The van der Waals surface area contributed by atoms with Crippen LogP contribution in [0, 0.1) is 0 Å². The predicted octanol–water partition coefficient (Wildman–Crippen LogP) is 2.21. The first-order chi connectivity index (χ1) is 14.1. The fourth-order valence-corrected chi connectivity index (χ4v) is 4.05. The van der Waals surface area contributed by atoms with Crippen LogP contribution in [0.1, 0.15) is 0 Å². The van der Waals surface area contributed by atoms with Crippen LogP contribution in [0.25, 0.3) is 0 Å². The highest BCUT2D eigenvalue weighted by Gasteiger charge is 2.31. The van der Waals surface area contributed by atoms with Crippen LogP contribution >= 0.6 is 0 Å². The second kappa shape index (κ2) is 8.92. The van der Waals surface area contributed by atoms with Crippen molar-refractivity contribution in [1.29, 1.82) is 0 Å². The molecule has 0 spiro atoms. The van der Waals surface area contributed by atoms with Crippen molar-refractivity contribution in [2.75, 3.05) is 37.6 Å². The Morgan fingerprint density at radius 1 is 1.00 bits per heavy atom. The van der Waals surface area contributed by atoms with Crippen LogP contribution in [0.15, 0.2) is 59.5 Å². The van der Waals surface area contributed by atoms with Crippen LogP contribution in [0.4, 0.5) is 18.9 Å². The summed E-state index contributed by atoms with van der Waals surface area (Å²) < 4.78 is 67.5. The van der Waals surface area contributed by atoms with E-state index in [1.54, 1.807) is 4.90 Å². The van der Waals surface area contributed by atoms with Gasteiger partial charge in [0.1, 0.15) is 5.75 Å². The number of piperazine rings is 1. The maximum Gasteiger partial charge on any atom is 0.573 e. The molecular weight excluding hydrogens is 423 g/mol. The monoisotopic (exact) mass is 443 g/mol. The summed E-state index contributed by atoms with van der Waals surface area (Å²) in [4.78, 5) is 15.6. The van der Waals surface area contributed by atoms with Gasteiger partial charge in [-0.15, -0.1) is 13.2 Å². The van der Waals surface area contributed by atoms with Gasteiger partial charge >= 0.3 is 6.36 Å². The number of para-hydroxylation sites is 1. The molecule has 2 aromatic rings. The highest BCUT2D eigenvalue weighted by Crippen LogP contribution is 2.24. The molecule has 1 aliphatic heterocycles. The molecule has 0 saturated carbocycles. The predicted molar refractivity (Wildman–Crippen MR) is 104 cm³/mol. The van der Waals surface area contributed by atoms with E-state index in [0.717, 1.165) is 30.0 Å². The summed E-state index contributed by atoms with van der Waals surface area (Å²) in [6.45, 7) is 1.60. The lowest BCUT2D eigenvalue weighted by Gasteiger charge is -2.36. The van der Waals surface area contributed by atoms with Crippen LogP contribution in [0.2, 0.25) is 0 Å². The fourth-order valence-electron chi connectivity index (χ4n) is 3.04. The zero-order valence-corrected chi connectivity index (χ0v) is 16.6. The number of rotatable bonds is 6. The number of anilines is 1. The molecule has 0 atom stereocenters. The molecule has 0 aliphatic carbocycles. The average molecular weight is 443 g/mol. The summed E-state index contributed by atoms with van der Waals surface area (Å²) in [7, 11) is -4.18. The van der Waals surface area contributed by atoms with E-state index >= 15 is 0 Å². The van der Waals surface area contributed by atoms with Gasteiger partial charge in [0, 0.05) is 37.9 Å². The Balaban J connectivity index is 1.55. The van der Waals surface area contributed by atoms with Gasteiger partial charge in [0.25, 0.3) is 0 Å². The molecule has 30 heavy (non-hydrogen) atoms. The topological polar surface area (TPSA) is 78.9 Å². The Bertz CT molecular complexity index is 976. The summed E-state index contributed by atoms with van der Waals surface area (Å²) in [6, 6.07) is 13.7. The fraction of sp³-hybridized carbons (Fsp3) is 0.316. The molecule has 0 radical (unpaired) electrons. The molecule has 3 rings (SSSR count). The first-order valence-corrected chi connectivity index (χ1v) is 10.6. The Kier molecular flexibility index (Phi) is 6.52. The molecule has 1 aliphatic rings. The van der Waals surface area contributed by atoms with Gasteiger partial charge in [-0.25, -0.2) is 13.1 Å². The number of hydrogen-bond donors (Lipinski definition) is 1. The number of nitrogens with zero attached hydrogens (tertiary/aromatic N) is 2. The van der Waals surface area contributed by atoms with Crippen molar-refractivity contribution < 1.29 is 31.1 Å². The average Bonchev–Trinajstić information content (AvgIpc) is 2.72. The van der Waals surface area contributed by atoms with Gasteiger partial charge in [-0.05, 0) is 24.3 Å². The van der Waals surface area contributed by atoms with Gasteiger partial charge < -0.3 is 14.5 Å². The second-order valence-electron chi connectivity index (χ2n) is 6.55. The first-order valence-electron chi connectivity index (χ1n) is 9.07. The van der Waals surface area contributed by atoms with Crippen molar-refractivity contribution in [3.05, 3.63) is 54.6 Å². The number of benzene rings is 2. The number of nitrogens with one attached hydrogen (secondary N) is 1. The normalized spacial score (nSPS) is 15.2. The van der Waals surface area contributed by atoms with E-state index in [1.807, 2.05) is 30.3 Å². The molecule has 2 aromatic carbocycles. The smallest absolute Gasteiger partial charge is 0.406 e. The molecule has 1 fully saturated rings. The highest BCUT2D eigenvalue weighted by atomic mass is 32.2. The first kappa shape index (κ1) is 21.9. The third kappa shape index (κ3) is 5.86. The highest BCUT2D eigenvalue weighted by molar-refractivity contribution is 7.89. The quantitative estimate of drug-likeness (QED) is 0.741. The molecule has 11 heteroatoms. The lowest BCUT2D eigenvalue weighted by atomic mass is 10.2. The summed E-state index contributed by atoms with van der Waals surface area (Å²) in [6.07, 6.45) is -4.94. The SMILES string of the molecule is O=C(CNS(=O)(=O)c1cccc(OC(F)(F)F)c1)N1CCN(c2ccccc2)CC1. The van der Waals surface area contributed by atoms with Crippen molar-refractivity contribution >= 4 is 21.6 Å². The molecule has 1 amide bonds. The minimum Gasteiger partial charge on any atom is -0.406 e. The van der Waals surface area contributed by atoms with E-state index in [2.05, 4.69) is 14.4 Å². The van der Waals surface area contributed by atoms with Crippen LogP contribution in [0.3, 0.4) is 0 Å². The van der Waals surface area contributed by atoms with Crippen LogP contribution in [-0.4, -0.2) is 58.3 Å². The number of carbonyl (C=O) groups excluding carboxylic acids is 1. The van der Waals surface area contributed by atoms with E-state index in [4.69, 9.17) is 0 Å². The number of sulfonamides is 1. The zero-order valence-electron chi connectivity index (χ0n) is 15.8. The van der Waals surface area contributed by atoms with Crippen molar-refractivity contribution in [2.24, 2.45) is 0 Å². The lowest BCUT2D eigenvalue weighted by Crippen LogP contribution is -2.51.